The largest absolute Gasteiger partial charge is 0.348 e. The zero-order valence-electron chi connectivity index (χ0n) is 9.95. The molecule has 1 saturated heterocycles. The lowest BCUT2D eigenvalue weighted by Crippen LogP contribution is -2.46. The van der Waals surface area contributed by atoms with Crippen LogP contribution < -0.4 is 5.32 Å². The molecule has 1 unspecified atom stereocenters. The van der Waals surface area contributed by atoms with Crippen molar-refractivity contribution < 1.29 is 4.79 Å². The fraction of sp³-hybridized carbons (Fsp3) is 0.462. The highest BCUT2D eigenvalue weighted by molar-refractivity contribution is 6.30. The Kier molecular flexibility index (Phi) is 4.02. The lowest BCUT2D eigenvalue weighted by molar-refractivity contribution is 0.0912. The number of nitrogens with zero attached hydrogens (tertiary/aromatic N) is 1. The third-order valence-electron chi connectivity index (χ3n) is 3.05. The van der Waals surface area contributed by atoms with Crippen molar-refractivity contribution in [2.45, 2.75) is 18.9 Å². The van der Waals surface area contributed by atoms with Gasteiger partial charge in [-0.3, -0.25) is 4.79 Å². The zero-order chi connectivity index (χ0) is 12.3. The normalized spacial score (nSPS) is 21.2. The molecule has 2 rings (SSSR count). The highest BCUT2D eigenvalue weighted by Gasteiger charge is 2.19. The average Bonchev–Trinajstić information content (AvgIpc) is 2.29. The van der Waals surface area contributed by atoms with E-state index in [0.717, 1.165) is 25.9 Å². The van der Waals surface area contributed by atoms with Crippen molar-refractivity contribution in [3.05, 3.63) is 34.9 Å². The molecule has 0 saturated carbocycles. The maximum atomic E-state index is 12.0. The Hall–Kier alpha value is -1.06. The molecule has 1 aromatic carbocycles. The van der Waals surface area contributed by atoms with Gasteiger partial charge in [0.05, 0.1) is 0 Å². The summed E-state index contributed by atoms with van der Waals surface area (Å²) in [5.74, 6) is -0.0344. The number of likely N-dealkylation sites (tertiary alicyclic amines) is 1. The fourth-order valence-corrected chi connectivity index (χ4v) is 2.37. The van der Waals surface area contributed by atoms with Gasteiger partial charge in [-0.05, 0) is 44.6 Å². The first-order valence-electron chi connectivity index (χ1n) is 5.90. The summed E-state index contributed by atoms with van der Waals surface area (Å²) in [4.78, 5) is 14.2. The smallest absolute Gasteiger partial charge is 0.251 e. The summed E-state index contributed by atoms with van der Waals surface area (Å²) in [6.07, 6.45) is 2.19. The van der Waals surface area contributed by atoms with E-state index >= 15 is 0 Å². The van der Waals surface area contributed by atoms with E-state index in [1.54, 1.807) is 24.3 Å². The number of halogens is 1. The van der Waals surface area contributed by atoms with Crippen LogP contribution in [0.5, 0.6) is 0 Å². The summed E-state index contributed by atoms with van der Waals surface area (Å²) in [6, 6.07) is 7.30. The van der Waals surface area contributed by atoms with Gasteiger partial charge in [0.2, 0.25) is 0 Å². The minimum absolute atomic E-state index is 0.0344. The number of amides is 1. The van der Waals surface area contributed by atoms with E-state index in [-0.39, 0.29) is 11.9 Å². The first kappa shape index (κ1) is 12.4. The van der Waals surface area contributed by atoms with Crippen molar-refractivity contribution in [2.24, 2.45) is 0 Å². The van der Waals surface area contributed by atoms with Crippen molar-refractivity contribution in [1.29, 1.82) is 0 Å². The minimum atomic E-state index is -0.0344. The quantitative estimate of drug-likeness (QED) is 0.875. The Morgan fingerprint density at radius 2 is 2.35 bits per heavy atom. The van der Waals surface area contributed by atoms with Crippen molar-refractivity contribution in [1.82, 2.24) is 10.2 Å². The van der Waals surface area contributed by atoms with Crippen LogP contribution in [0, 0.1) is 0 Å². The van der Waals surface area contributed by atoms with Crippen LogP contribution in [0.25, 0.3) is 0 Å². The minimum Gasteiger partial charge on any atom is -0.348 e. The number of hydrogen-bond donors (Lipinski definition) is 1. The number of likely N-dealkylation sites (N-methyl/N-ethyl adjacent to an activating group) is 1. The van der Waals surface area contributed by atoms with Crippen molar-refractivity contribution in [3.63, 3.8) is 0 Å². The molecule has 1 amide bonds. The van der Waals surface area contributed by atoms with Gasteiger partial charge in [0.25, 0.3) is 5.91 Å². The van der Waals surface area contributed by atoms with Gasteiger partial charge < -0.3 is 10.2 Å². The molecule has 1 heterocycles. The summed E-state index contributed by atoms with van der Waals surface area (Å²) >= 11 is 5.87. The van der Waals surface area contributed by atoms with Gasteiger partial charge in [-0.25, -0.2) is 0 Å². The molecule has 1 atom stereocenters. The van der Waals surface area contributed by atoms with Crippen LogP contribution in [0.3, 0.4) is 0 Å². The van der Waals surface area contributed by atoms with Crippen LogP contribution in [0.1, 0.15) is 23.2 Å². The standard InChI is InChI=1S/C13H17ClN2O/c1-16-7-3-6-12(9-16)15-13(17)10-4-2-5-11(14)8-10/h2,4-5,8,12H,3,6-7,9H2,1H3,(H,15,17). The van der Waals surface area contributed by atoms with E-state index in [1.165, 1.54) is 0 Å². The van der Waals surface area contributed by atoms with Crippen molar-refractivity contribution in [3.8, 4) is 0 Å². The summed E-state index contributed by atoms with van der Waals surface area (Å²) in [6.45, 7) is 2.04. The maximum absolute atomic E-state index is 12.0. The predicted octanol–water partition coefficient (Wildman–Crippen LogP) is 2.16. The number of nitrogens with one attached hydrogen (secondary N) is 1. The molecule has 1 aromatic rings. The van der Waals surface area contributed by atoms with Gasteiger partial charge in [-0.15, -0.1) is 0 Å². The van der Waals surface area contributed by atoms with Crippen LogP contribution in [0.2, 0.25) is 5.02 Å². The third kappa shape index (κ3) is 3.45. The van der Waals surface area contributed by atoms with E-state index in [9.17, 15) is 4.79 Å². The molecule has 0 radical (unpaired) electrons. The van der Waals surface area contributed by atoms with Crippen LogP contribution in [-0.2, 0) is 0 Å². The van der Waals surface area contributed by atoms with Gasteiger partial charge in [-0.1, -0.05) is 17.7 Å². The molecule has 0 spiro atoms. The SMILES string of the molecule is CN1CCCC(NC(=O)c2cccc(Cl)c2)C1. The molecule has 1 aliphatic heterocycles. The zero-order valence-corrected chi connectivity index (χ0v) is 10.7. The number of carbonyl (C=O) groups excluding carboxylic acids is 1. The first-order chi connectivity index (χ1) is 8.15. The lowest BCUT2D eigenvalue weighted by Gasteiger charge is -2.30. The van der Waals surface area contributed by atoms with E-state index < -0.39 is 0 Å². The Morgan fingerprint density at radius 1 is 1.53 bits per heavy atom. The van der Waals surface area contributed by atoms with Crippen molar-refractivity contribution in [2.75, 3.05) is 20.1 Å². The summed E-state index contributed by atoms with van der Waals surface area (Å²) in [5, 5.41) is 3.65. The van der Waals surface area contributed by atoms with Gasteiger partial charge in [0.1, 0.15) is 0 Å². The number of rotatable bonds is 2. The van der Waals surface area contributed by atoms with Crippen LogP contribution in [0.15, 0.2) is 24.3 Å². The molecule has 92 valence electrons. The molecule has 17 heavy (non-hydrogen) atoms. The Bertz CT molecular complexity index is 408. The van der Waals surface area contributed by atoms with Gasteiger partial charge in [-0.2, -0.15) is 0 Å². The number of hydrogen-bond acceptors (Lipinski definition) is 2. The van der Waals surface area contributed by atoms with Gasteiger partial charge in [0.15, 0.2) is 0 Å². The Balaban J connectivity index is 1.97. The predicted molar refractivity (Wildman–Crippen MR) is 69.4 cm³/mol. The van der Waals surface area contributed by atoms with E-state index in [2.05, 4.69) is 17.3 Å². The summed E-state index contributed by atoms with van der Waals surface area (Å²) in [5.41, 5.74) is 0.630. The highest BCUT2D eigenvalue weighted by Crippen LogP contribution is 2.12. The van der Waals surface area contributed by atoms with E-state index in [1.807, 2.05) is 0 Å². The van der Waals surface area contributed by atoms with Gasteiger partial charge >= 0.3 is 0 Å². The molecular weight excluding hydrogens is 236 g/mol. The van der Waals surface area contributed by atoms with E-state index in [4.69, 9.17) is 11.6 Å². The molecule has 0 aromatic heterocycles. The second-order valence-electron chi connectivity index (χ2n) is 4.59. The first-order valence-corrected chi connectivity index (χ1v) is 6.28. The molecule has 0 aliphatic carbocycles. The average molecular weight is 253 g/mol. The summed E-state index contributed by atoms with van der Waals surface area (Å²) < 4.78 is 0. The van der Waals surface area contributed by atoms with Crippen LogP contribution in [-0.4, -0.2) is 37.0 Å². The van der Waals surface area contributed by atoms with Crippen molar-refractivity contribution >= 4 is 17.5 Å². The third-order valence-corrected chi connectivity index (χ3v) is 3.28. The fourth-order valence-electron chi connectivity index (χ4n) is 2.18. The Morgan fingerprint density at radius 3 is 3.06 bits per heavy atom. The molecule has 1 N–H and O–H groups in total. The molecule has 4 heteroatoms. The Labute approximate surface area is 107 Å². The number of carbonyl (C=O) groups is 1. The molecule has 1 fully saturated rings. The van der Waals surface area contributed by atoms with Gasteiger partial charge in [0, 0.05) is 23.2 Å². The second kappa shape index (κ2) is 5.52. The molecule has 1 aliphatic rings. The number of benzene rings is 1. The molecule has 0 bridgehead atoms. The van der Waals surface area contributed by atoms with E-state index in [0.29, 0.717) is 10.6 Å². The highest BCUT2D eigenvalue weighted by atomic mass is 35.5. The lowest BCUT2D eigenvalue weighted by atomic mass is 10.1. The topological polar surface area (TPSA) is 32.3 Å². The molecular formula is C13H17ClN2O. The van der Waals surface area contributed by atoms with Crippen LogP contribution >= 0.6 is 11.6 Å². The summed E-state index contributed by atoms with van der Waals surface area (Å²) in [7, 11) is 2.08. The maximum Gasteiger partial charge on any atom is 0.251 e. The second-order valence-corrected chi connectivity index (χ2v) is 5.02. The monoisotopic (exact) mass is 252 g/mol. The number of piperidine rings is 1. The molecule has 3 nitrogen and oxygen atoms in total. The van der Waals surface area contributed by atoms with Crippen LogP contribution in [0.4, 0.5) is 0 Å².